The van der Waals surface area contributed by atoms with Crippen LogP contribution in [0.2, 0.25) is 0 Å². The highest BCUT2D eigenvalue weighted by atomic mass is 32.2. The van der Waals surface area contributed by atoms with Gasteiger partial charge in [0, 0.05) is 13.1 Å². The van der Waals surface area contributed by atoms with Crippen LogP contribution in [0.15, 0.2) is 5.10 Å². The van der Waals surface area contributed by atoms with E-state index in [1.807, 2.05) is 13.8 Å². The molecule has 4 N–H and O–H groups in total. The number of amidine groups is 1. The zero-order chi connectivity index (χ0) is 10.3. The highest BCUT2D eigenvalue weighted by Gasteiger charge is 2.09. The van der Waals surface area contributed by atoms with Gasteiger partial charge in [0.05, 0.1) is 5.75 Å². The number of amides is 1. The van der Waals surface area contributed by atoms with Gasteiger partial charge in [-0.05, 0) is 13.8 Å². The van der Waals surface area contributed by atoms with Crippen LogP contribution in [0.4, 0.5) is 0 Å². The van der Waals surface area contributed by atoms with E-state index in [0.717, 1.165) is 24.9 Å². The average molecular weight is 204 g/mol. The quantitative estimate of drug-likeness (QED) is 0.287. The van der Waals surface area contributed by atoms with Crippen molar-refractivity contribution in [2.45, 2.75) is 13.8 Å². The summed E-state index contributed by atoms with van der Waals surface area (Å²) >= 11 is 1.16. The molecule has 1 amide bonds. The molecule has 0 spiro atoms. The molecule has 0 unspecified atom stereocenters. The molecule has 0 aliphatic carbocycles. The van der Waals surface area contributed by atoms with Gasteiger partial charge in [0.1, 0.15) is 0 Å². The molecule has 0 aliphatic heterocycles. The molecule has 5 nitrogen and oxygen atoms in total. The maximum atomic E-state index is 11.4. The Hall–Kier alpha value is -0.910. The second kappa shape index (κ2) is 6.59. The van der Waals surface area contributed by atoms with Gasteiger partial charge in [-0.2, -0.15) is 5.10 Å². The summed E-state index contributed by atoms with van der Waals surface area (Å²) in [6.07, 6.45) is 0. The Morgan fingerprint density at radius 1 is 1.46 bits per heavy atom. The molecule has 0 aromatic heterocycles. The van der Waals surface area contributed by atoms with Crippen LogP contribution >= 0.6 is 11.8 Å². The summed E-state index contributed by atoms with van der Waals surface area (Å²) in [7, 11) is 0. The number of hydrogen-bond acceptors (Lipinski definition) is 4. The first-order valence-electron chi connectivity index (χ1n) is 4.09. The minimum atomic E-state index is 0.0570. The highest BCUT2D eigenvalue weighted by Crippen LogP contribution is 2.01. The standard InChI is InChI=1S/C7H16N4OS/c1-3-11(4-2)6(12)5-13-7(8)10-9/h3-5,9H2,1-2H3,(H2,8,10). The molecule has 13 heavy (non-hydrogen) atoms. The number of nitrogens with zero attached hydrogens (tertiary/aromatic N) is 2. The zero-order valence-corrected chi connectivity index (χ0v) is 8.80. The summed E-state index contributed by atoms with van der Waals surface area (Å²) < 4.78 is 0. The summed E-state index contributed by atoms with van der Waals surface area (Å²) in [6, 6.07) is 0. The number of carbonyl (C=O) groups excluding carboxylic acids is 1. The van der Waals surface area contributed by atoms with Crippen molar-refractivity contribution in [1.82, 2.24) is 4.90 Å². The summed E-state index contributed by atoms with van der Waals surface area (Å²) in [5.41, 5.74) is 5.32. The Morgan fingerprint density at radius 3 is 2.38 bits per heavy atom. The van der Waals surface area contributed by atoms with Crippen molar-refractivity contribution in [1.29, 1.82) is 0 Å². The Labute approximate surface area is 82.5 Å². The van der Waals surface area contributed by atoms with Crippen LogP contribution in [0.25, 0.3) is 0 Å². The van der Waals surface area contributed by atoms with Gasteiger partial charge in [-0.3, -0.25) is 4.79 Å². The van der Waals surface area contributed by atoms with Crippen molar-refractivity contribution >= 4 is 22.8 Å². The number of thioether (sulfide) groups is 1. The van der Waals surface area contributed by atoms with Crippen molar-refractivity contribution in [2.75, 3.05) is 18.8 Å². The van der Waals surface area contributed by atoms with E-state index in [9.17, 15) is 4.79 Å². The molecule has 0 radical (unpaired) electrons. The molecular formula is C7H16N4OS. The molecule has 0 aliphatic rings. The normalized spacial score (nSPS) is 11.4. The molecular weight excluding hydrogens is 188 g/mol. The van der Waals surface area contributed by atoms with E-state index >= 15 is 0 Å². The fourth-order valence-corrected chi connectivity index (χ4v) is 1.37. The smallest absolute Gasteiger partial charge is 0.233 e. The second-order valence-electron chi connectivity index (χ2n) is 2.32. The lowest BCUT2D eigenvalue weighted by Crippen LogP contribution is -2.32. The van der Waals surface area contributed by atoms with E-state index in [4.69, 9.17) is 11.6 Å². The summed E-state index contributed by atoms with van der Waals surface area (Å²) in [5.74, 6) is 5.27. The first-order chi connectivity index (χ1) is 6.15. The topological polar surface area (TPSA) is 84.7 Å². The van der Waals surface area contributed by atoms with Gasteiger partial charge in [0.25, 0.3) is 0 Å². The third-order valence-electron chi connectivity index (χ3n) is 1.59. The maximum Gasteiger partial charge on any atom is 0.233 e. The van der Waals surface area contributed by atoms with Crippen molar-refractivity contribution < 1.29 is 4.79 Å². The summed E-state index contributed by atoms with van der Waals surface area (Å²) in [4.78, 5) is 13.1. The monoisotopic (exact) mass is 204 g/mol. The van der Waals surface area contributed by atoms with Gasteiger partial charge in [0.2, 0.25) is 5.91 Å². The molecule has 76 valence electrons. The average Bonchev–Trinajstić information content (AvgIpc) is 2.16. The predicted molar refractivity (Wildman–Crippen MR) is 56.2 cm³/mol. The van der Waals surface area contributed by atoms with Crippen molar-refractivity contribution in [3.8, 4) is 0 Å². The van der Waals surface area contributed by atoms with Crippen LogP contribution in [0.5, 0.6) is 0 Å². The highest BCUT2D eigenvalue weighted by molar-refractivity contribution is 8.14. The number of hydrogen-bond donors (Lipinski definition) is 2. The first-order valence-corrected chi connectivity index (χ1v) is 5.08. The number of carbonyl (C=O) groups is 1. The van der Waals surface area contributed by atoms with Crippen LogP contribution < -0.4 is 11.6 Å². The molecule has 0 heterocycles. The van der Waals surface area contributed by atoms with E-state index in [0.29, 0.717) is 5.75 Å². The van der Waals surface area contributed by atoms with Gasteiger partial charge in [0.15, 0.2) is 5.17 Å². The van der Waals surface area contributed by atoms with Crippen molar-refractivity contribution in [3.63, 3.8) is 0 Å². The molecule has 6 heteroatoms. The Morgan fingerprint density at radius 2 is 2.00 bits per heavy atom. The lowest BCUT2D eigenvalue weighted by molar-refractivity contribution is -0.127. The predicted octanol–water partition coefficient (Wildman–Crippen LogP) is -0.224. The molecule has 0 saturated carbocycles. The van der Waals surface area contributed by atoms with Crippen LogP contribution in [-0.2, 0) is 4.79 Å². The summed E-state index contributed by atoms with van der Waals surface area (Å²) in [6.45, 7) is 5.31. The fraction of sp³-hybridized carbons (Fsp3) is 0.714. The Bertz CT molecular complexity index is 191. The van der Waals surface area contributed by atoms with E-state index in [1.54, 1.807) is 4.90 Å². The van der Waals surface area contributed by atoms with E-state index < -0.39 is 0 Å². The molecule has 0 bridgehead atoms. The Kier molecular flexibility index (Phi) is 6.13. The van der Waals surface area contributed by atoms with Gasteiger partial charge in [-0.1, -0.05) is 11.8 Å². The molecule has 0 rings (SSSR count). The minimum absolute atomic E-state index is 0.0570. The largest absolute Gasteiger partial charge is 0.377 e. The van der Waals surface area contributed by atoms with Gasteiger partial charge in [-0.25, -0.2) is 0 Å². The van der Waals surface area contributed by atoms with E-state index in [-0.39, 0.29) is 11.1 Å². The number of nitrogens with two attached hydrogens (primary N) is 2. The van der Waals surface area contributed by atoms with E-state index in [2.05, 4.69) is 5.10 Å². The third kappa shape index (κ3) is 4.62. The minimum Gasteiger partial charge on any atom is -0.377 e. The van der Waals surface area contributed by atoms with Crippen LogP contribution in [0.3, 0.4) is 0 Å². The SMILES string of the molecule is CCN(CC)C(=O)CSC(N)=NN. The van der Waals surface area contributed by atoms with Crippen molar-refractivity contribution in [3.05, 3.63) is 0 Å². The maximum absolute atomic E-state index is 11.4. The molecule has 0 aromatic rings. The second-order valence-corrected chi connectivity index (χ2v) is 3.32. The van der Waals surface area contributed by atoms with Gasteiger partial charge in [-0.15, -0.1) is 0 Å². The molecule has 0 atom stereocenters. The van der Waals surface area contributed by atoms with E-state index in [1.165, 1.54) is 0 Å². The molecule has 0 aromatic carbocycles. The van der Waals surface area contributed by atoms with Crippen LogP contribution in [0.1, 0.15) is 13.8 Å². The van der Waals surface area contributed by atoms with Gasteiger partial charge < -0.3 is 16.5 Å². The van der Waals surface area contributed by atoms with Crippen LogP contribution in [0, 0.1) is 0 Å². The zero-order valence-electron chi connectivity index (χ0n) is 7.99. The molecule has 0 fully saturated rings. The Balaban J connectivity index is 3.86. The number of hydrazone groups is 1. The lowest BCUT2D eigenvalue weighted by atomic mass is 10.5. The fourth-order valence-electron chi connectivity index (χ4n) is 0.841. The summed E-state index contributed by atoms with van der Waals surface area (Å²) in [5, 5.41) is 3.49. The third-order valence-corrected chi connectivity index (χ3v) is 2.38. The first kappa shape index (κ1) is 12.1. The van der Waals surface area contributed by atoms with Gasteiger partial charge >= 0.3 is 0 Å². The van der Waals surface area contributed by atoms with Crippen LogP contribution in [-0.4, -0.2) is 34.8 Å². The van der Waals surface area contributed by atoms with Crippen molar-refractivity contribution in [2.24, 2.45) is 16.7 Å². The molecule has 0 saturated heterocycles. The lowest BCUT2D eigenvalue weighted by Gasteiger charge is -2.17. The number of rotatable bonds is 4.